The van der Waals surface area contributed by atoms with Crippen LogP contribution in [0.3, 0.4) is 0 Å². The molecule has 0 fully saturated rings. The predicted molar refractivity (Wildman–Crippen MR) is 137 cm³/mol. The van der Waals surface area contributed by atoms with E-state index in [0.717, 1.165) is 22.0 Å². The normalized spacial score (nSPS) is 12.0. The van der Waals surface area contributed by atoms with E-state index in [1.54, 1.807) is 18.2 Å². The van der Waals surface area contributed by atoms with Crippen molar-refractivity contribution in [2.24, 2.45) is 0 Å². The van der Waals surface area contributed by atoms with E-state index >= 15 is 0 Å². The van der Waals surface area contributed by atoms with E-state index in [1.165, 1.54) is 19.2 Å². The first-order valence-corrected chi connectivity index (χ1v) is 12.0. The molecule has 3 aromatic carbocycles. The molecule has 0 saturated carbocycles. The number of rotatable bonds is 10. The van der Waals surface area contributed by atoms with Gasteiger partial charge >= 0.3 is 5.97 Å². The summed E-state index contributed by atoms with van der Waals surface area (Å²) in [6.07, 6.45) is 2.16. The monoisotopic (exact) mass is 560 g/mol. The summed E-state index contributed by atoms with van der Waals surface area (Å²) in [5.41, 5.74) is 2.92. The number of methoxy groups -OCH3 is 1. The van der Waals surface area contributed by atoms with Crippen molar-refractivity contribution >= 4 is 44.4 Å². The second kappa shape index (κ2) is 11.1. The Morgan fingerprint density at radius 2 is 1.97 bits per heavy atom. The number of aromatic amines is 1. The van der Waals surface area contributed by atoms with E-state index in [1.807, 2.05) is 30.5 Å². The van der Waals surface area contributed by atoms with Gasteiger partial charge in [0.2, 0.25) is 0 Å². The Morgan fingerprint density at radius 3 is 2.71 bits per heavy atom. The lowest BCUT2D eigenvalue weighted by atomic mass is 10.0. The smallest absolute Gasteiger partial charge is 0.321 e. The summed E-state index contributed by atoms with van der Waals surface area (Å²) in [6, 6.07) is 14.9. The second-order valence-corrected chi connectivity index (χ2v) is 9.18. The fourth-order valence-electron chi connectivity index (χ4n) is 3.81. The summed E-state index contributed by atoms with van der Waals surface area (Å²) in [6.45, 7) is 0.202. The lowest BCUT2D eigenvalue weighted by Gasteiger charge is -2.17. The molecule has 9 heteroatoms. The van der Waals surface area contributed by atoms with Crippen molar-refractivity contribution in [2.75, 3.05) is 7.11 Å². The number of carbonyl (C=O) groups is 1. The quantitative estimate of drug-likeness (QED) is 0.218. The molecule has 1 heterocycles. The van der Waals surface area contributed by atoms with E-state index in [9.17, 15) is 14.3 Å². The second-order valence-electron chi connectivity index (χ2n) is 7.92. The average Bonchev–Trinajstić information content (AvgIpc) is 3.25. The van der Waals surface area contributed by atoms with Crippen molar-refractivity contribution in [1.29, 1.82) is 0 Å². The van der Waals surface area contributed by atoms with Crippen LogP contribution in [-0.2, 0) is 24.4 Å². The summed E-state index contributed by atoms with van der Waals surface area (Å²) >= 11 is 9.60. The highest BCUT2D eigenvalue weighted by Gasteiger charge is 2.20. The molecule has 1 unspecified atom stereocenters. The van der Waals surface area contributed by atoms with E-state index < -0.39 is 17.8 Å². The molecule has 0 spiro atoms. The first-order chi connectivity index (χ1) is 16.9. The first-order valence-electron chi connectivity index (χ1n) is 10.8. The van der Waals surface area contributed by atoms with Crippen molar-refractivity contribution in [2.45, 2.75) is 25.6 Å². The van der Waals surface area contributed by atoms with Crippen molar-refractivity contribution < 1.29 is 23.8 Å². The van der Waals surface area contributed by atoms with Gasteiger partial charge in [0, 0.05) is 40.1 Å². The minimum Gasteiger partial charge on any atom is -0.493 e. The zero-order valence-corrected chi connectivity index (χ0v) is 21.1. The molecule has 1 aromatic heterocycles. The van der Waals surface area contributed by atoms with Crippen LogP contribution >= 0.6 is 27.5 Å². The number of carboxylic acid groups (broad SMARTS) is 1. The number of para-hydroxylation sites is 1. The summed E-state index contributed by atoms with van der Waals surface area (Å²) in [5, 5.41) is 14.2. The largest absolute Gasteiger partial charge is 0.493 e. The summed E-state index contributed by atoms with van der Waals surface area (Å²) in [7, 11) is 1.50. The van der Waals surface area contributed by atoms with E-state index in [4.69, 9.17) is 21.1 Å². The molecule has 0 aliphatic carbocycles. The lowest BCUT2D eigenvalue weighted by molar-refractivity contribution is -0.139. The Morgan fingerprint density at radius 1 is 1.17 bits per heavy atom. The maximum atomic E-state index is 14.1. The Kier molecular flexibility index (Phi) is 7.95. The third kappa shape index (κ3) is 5.78. The Balaban J connectivity index is 1.47. The van der Waals surface area contributed by atoms with Gasteiger partial charge in [-0.2, -0.15) is 0 Å². The van der Waals surface area contributed by atoms with Gasteiger partial charge in [-0.15, -0.1) is 0 Å². The highest BCUT2D eigenvalue weighted by Crippen LogP contribution is 2.35. The highest BCUT2D eigenvalue weighted by molar-refractivity contribution is 9.10. The van der Waals surface area contributed by atoms with Gasteiger partial charge < -0.3 is 19.6 Å². The number of aliphatic carboxylic acids is 1. The Labute approximate surface area is 215 Å². The standard InChI is InChI=1S/C26H23BrClFN2O4/c1-34-24-10-16(19(27)11-25(24)35-14-18-20(28)6-4-7-21(18)29)13-31-23(26(32)33)9-15-12-30-22-8-3-2-5-17(15)22/h2-8,10-12,23,30-31H,9,13-14H2,1H3,(H,32,33). The lowest BCUT2D eigenvalue weighted by Crippen LogP contribution is -2.38. The van der Waals surface area contributed by atoms with E-state index in [-0.39, 0.29) is 23.7 Å². The molecular weight excluding hydrogens is 539 g/mol. The van der Waals surface area contributed by atoms with Gasteiger partial charge in [-0.05, 0) is 41.5 Å². The third-order valence-corrected chi connectivity index (χ3v) is 6.79. The van der Waals surface area contributed by atoms with Crippen molar-refractivity contribution in [3.63, 3.8) is 0 Å². The third-order valence-electron chi connectivity index (χ3n) is 5.70. The average molecular weight is 562 g/mol. The number of benzene rings is 3. The molecule has 1 atom stereocenters. The Hall–Kier alpha value is -3.07. The van der Waals surface area contributed by atoms with E-state index in [2.05, 4.69) is 26.2 Å². The molecule has 6 nitrogen and oxygen atoms in total. The number of hydrogen-bond acceptors (Lipinski definition) is 4. The molecule has 0 amide bonds. The topological polar surface area (TPSA) is 83.6 Å². The molecule has 3 N–H and O–H groups in total. The van der Waals surface area contributed by atoms with Crippen molar-refractivity contribution in [1.82, 2.24) is 10.3 Å². The van der Waals surface area contributed by atoms with Crippen LogP contribution in [0.15, 0.2) is 65.3 Å². The minimum atomic E-state index is -0.944. The van der Waals surface area contributed by atoms with Gasteiger partial charge in [-0.25, -0.2) is 4.39 Å². The van der Waals surface area contributed by atoms with Gasteiger partial charge in [0.1, 0.15) is 18.5 Å². The maximum absolute atomic E-state index is 14.1. The van der Waals surface area contributed by atoms with Crippen LogP contribution in [-0.4, -0.2) is 29.2 Å². The van der Waals surface area contributed by atoms with Gasteiger partial charge in [0.15, 0.2) is 11.5 Å². The summed E-state index contributed by atoms with van der Waals surface area (Å²) in [5.74, 6) is -0.566. The fourth-order valence-corrected chi connectivity index (χ4v) is 4.49. The van der Waals surface area contributed by atoms with Crippen LogP contribution < -0.4 is 14.8 Å². The molecule has 0 bridgehead atoms. The summed E-state index contributed by atoms with van der Waals surface area (Å²) < 4.78 is 26.0. The number of hydrogen-bond donors (Lipinski definition) is 3. The molecule has 4 rings (SSSR count). The van der Waals surface area contributed by atoms with Crippen LogP contribution in [0.1, 0.15) is 16.7 Å². The zero-order valence-electron chi connectivity index (χ0n) is 18.8. The number of nitrogens with one attached hydrogen (secondary N) is 2. The SMILES string of the molecule is COc1cc(CNC(Cc2c[nH]c3ccccc23)C(=O)O)c(Br)cc1OCc1c(F)cccc1Cl. The zero-order chi connectivity index (χ0) is 24.9. The Bertz CT molecular complexity index is 1340. The molecular formula is C26H23BrClFN2O4. The number of ether oxygens (including phenoxy) is 2. The van der Waals surface area contributed by atoms with Crippen LogP contribution in [0.2, 0.25) is 5.02 Å². The van der Waals surface area contributed by atoms with Gasteiger partial charge in [-0.1, -0.05) is 51.8 Å². The van der Waals surface area contributed by atoms with Gasteiger partial charge in [-0.3, -0.25) is 10.1 Å². The molecule has 0 saturated heterocycles. The highest BCUT2D eigenvalue weighted by atomic mass is 79.9. The van der Waals surface area contributed by atoms with Crippen molar-refractivity contribution in [3.05, 3.63) is 92.8 Å². The molecule has 0 aliphatic heterocycles. The van der Waals surface area contributed by atoms with Crippen molar-refractivity contribution in [3.8, 4) is 11.5 Å². The number of fused-ring (bicyclic) bond motifs is 1. The predicted octanol–water partition coefficient (Wildman–Crippen LogP) is 6.10. The maximum Gasteiger partial charge on any atom is 0.321 e. The molecule has 0 radical (unpaired) electrons. The van der Waals surface area contributed by atoms with Crippen LogP contribution in [0.4, 0.5) is 4.39 Å². The molecule has 35 heavy (non-hydrogen) atoms. The number of aromatic nitrogens is 1. The fraction of sp³-hybridized carbons (Fsp3) is 0.192. The molecule has 0 aliphatic rings. The van der Waals surface area contributed by atoms with Crippen LogP contribution in [0.5, 0.6) is 11.5 Å². The minimum absolute atomic E-state index is 0.0718. The number of H-pyrrole nitrogens is 1. The first kappa shape index (κ1) is 25.0. The number of carboxylic acids is 1. The van der Waals surface area contributed by atoms with E-state index in [0.29, 0.717) is 22.4 Å². The summed E-state index contributed by atoms with van der Waals surface area (Å²) in [4.78, 5) is 15.1. The van der Waals surface area contributed by atoms with Gasteiger partial charge in [0.05, 0.1) is 12.1 Å². The molecule has 182 valence electrons. The van der Waals surface area contributed by atoms with Gasteiger partial charge in [0.25, 0.3) is 0 Å². The van der Waals surface area contributed by atoms with Crippen LogP contribution in [0.25, 0.3) is 10.9 Å². The number of halogens is 3. The van der Waals surface area contributed by atoms with Crippen LogP contribution in [0, 0.1) is 5.82 Å². The molecule has 4 aromatic rings.